The van der Waals surface area contributed by atoms with Crippen LogP contribution in [0.3, 0.4) is 0 Å². The quantitative estimate of drug-likeness (QED) is 0.803. The van der Waals surface area contributed by atoms with Gasteiger partial charge in [-0.3, -0.25) is 0 Å². The standard InChI is InChI=1S/C17H22N4O4S2/c1-15-3-5-16(6-4-15)7-12-26(22,23)20-8-2-9-21(11-10-20)27(24,25)17-13-18-14-19-17/h3-7,12-14H,2,8-11H2,1H3,(H,18,19)/b12-7+. The third kappa shape index (κ3) is 4.64. The van der Waals surface area contributed by atoms with Crippen molar-refractivity contribution in [1.29, 1.82) is 0 Å². The van der Waals surface area contributed by atoms with Gasteiger partial charge in [-0.25, -0.2) is 21.8 Å². The van der Waals surface area contributed by atoms with Crippen LogP contribution < -0.4 is 0 Å². The molecule has 1 aliphatic heterocycles. The molecule has 1 aromatic heterocycles. The number of sulfonamides is 2. The second-order valence-electron chi connectivity index (χ2n) is 6.33. The molecule has 0 bridgehead atoms. The Hall–Kier alpha value is -2.01. The first-order chi connectivity index (χ1) is 12.8. The first kappa shape index (κ1) is 19.7. The molecule has 2 aromatic rings. The maximum absolute atomic E-state index is 12.6. The maximum Gasteiger partial charge on any atom is 0.260 e. The number of aromatic amines is 1. The number of imidazole rings is 1. The fraction of sp³-hybridized carbons (Fsp3) is 0.353. The lowest BCUT2D eigenvalue weighted by Gasteiger charge is -2.20. The third-order valence-electron chi connectivity index (χ3n) is 4.37. The second-order valence-corrected chi connectivity index (χ2v) is 10.1. The first-order valence-corrected chi connectivity index (χ1v) is 11.5. The summed E-state index contributed by atoms with van der Waals surface area (Å²) in [6.07, 6.45) is 4.53. The molecule has 0 amide bonds. The Balaban J connectivity index is 1.70. The van der Waals surface area contributed by atoms with E-state index in [1.54, 1.807) is 6.08 Å². The van der Waals surface area contributed by atoms with Crippen LogP contribution in [0.15, 0.2) is 47.2 Å². The minimum atomic E-state index is -3.69. The van der Waals surface area contributed by atoms with Crippen LogP contribution in [0.2, 0.25) is 0 Å². The van der Waals surface area contributed by atoms with Gasteiger partial charge in [0.25, 0.3) is 10.0 Å². The number of rotatable bonds is 5. The number of aromatic nitrogens is 2. The number of nitrogens with one attached hydrogen (secondary N) is 1. The summed E-state index contributed by atoms with van der Waals surface area (Å²) in [6, 6.07) is 7.53. The molecule has 0 atom stereocenters. The van der Waals surface area contributed by atoms with E-state index in [0.29, 0.717) is 6.42 Å². The van der Waals surface area contributed by atoms with Crippen molar-refractivity contribution < 1.29 is 16.8 Å². The van der Waals surface area contributed by atoms with Crippen LogP contribution in [-0.4, -0.2) is 61.6 Å². The molecule has 1 fully saturated rings. The normalized spacial score (nSPS) is 18.0. The molecular weight excluding hydrogens is 388 g/mol. The molecule has 0 unspecified atom stereocenters. The molecule has 2 heterocycles. The summed E-state index contributed by atoms with van der Waals surface area (Å²) in [4.78, 5) is 6.34. The Kier molecular flexibility index (Phi) is 5.80. The second kappa shape index (κ2) is 7.93. The van der Waals surface area contributed by atoms with Gasteiger partial charge in [0.05, 0.1) is 12.5 Å². The van der Waals surface area contributed by atoms with Crippen molar-refractivity contribution in [2.24, 2.45) is 0 Å². The monoisotopic (exact) mass is 410 g/mol. The van der Waals surface area contributed by atoms with Crippen LogP contribution in [0.1, 0.15) is 17.5 Å². The van der Waals surface area contributed by atoms with Crippen molar-refractivity contribution in [3.05, 3.63) is 53.3 Å². The lowest BCUT2D eigenvalue weighted by atomic mass is 10.2. The molecule has 10 heteroatoms. The molecule has 0 aliphatic carbocycles. The lowest BCUT2D eigenvalue weighted by molar-refractivity contribution is 0.406. The largest absolute Gasteiger partial charge is 0.335 e. The predicted octanol–water partition coefficient (Wildman–Crippen LogP) is 1.42. The van der Waals surface area contributed by atoms with Gasteiger partial charge in [0, 0.05) is 31.6 Å². The minimum Gasteiger partial charge on any atom is -0.335 e. The Bertz CT molecular complexity index is 998. The first-order valence-electron chi connectivity index (χ1n) is 8.52. The van der Waals surface area contributed by atoms with Crippen molar-refractivity contribution in [2.45, 2.75) is 18.4 Å². The van der Waals surface area contributed by atoms with E-state index in [9.17, 15) is 16.8 Å². The fourth-order valence-electron chi connectivity index (χ4n) is 2.82. The summed E-state index contributed by atoms with van der Waals surface area (Å²) >= 11 is 0. The average Bonchev–Trinajstić information content (AvgIpc) is 3.06. The Morgan fingerprint density at radius 3 is 2.33 bits per heavy atom. The van der Waals surface area contributed by atoms with E-state index in [1.165, 1.54) is 26.5 Å². The van der Waals surface area contributed by atoms with Crippen LogP contribution in [0.25, 0.3) is 6.08 Å². The van der Waals surface area contributed by atoms with Gasteiger partial charge in [-0.2, -0.15) is 8.61 Å². The molecule has 1 N–H and O–H groups in total. The molecule has 8 nitrogen and oxygen atoms in total. The molecule has 3 rings (SSSR count). The van der Waals surface area contributed by atoms with Gasteiger partial charge in [0.1, 0.15) is 0 Å². The topological polar surface area (TPSA) is 103 Å². The van der Waals surface area contributed by atoms with Gasteiger partial charge in [-0.05, 0) is 25.0 Å². The van der Waals surface area contributed by atoms with E-state index in [2.05, 4.69) is 9.97 Å². The molecule has 0 spiro atoms. The van der Waals surface area contributed by atoms with E-state index < -0.39 is 20.0 Å². The highest BCUT2D eigenvalue weighted by molar-refractivity contribution is 7.92. The van der Waals surface area contributed by atoms with Gasteiger partial charge in [-0.1, -0.05) is 29.8 Å². The van der Waals surface area contributed by atoms with Crippen molar-refractivity contribution >= 4 is 26.1 Å². The smallest absolute Gasteiger partial charge is 0.260 e. The van der Waals surface area contributed by atoms with E-state index >= 15 is 0 Å². The molecule has 1 aromatic carbocycles. The lowest BCUT2D eigenvalue weighted by Crippen LogP contribution is -2.36. The number of H-pyrrole nitrogens is 1. The summed E-state index contributed by atoms with van der Waals surface area (Å²) in [5.41, 5.74) is 1.89. The van der Waals surface area contributed by atoms with Gasteiger partial charge in [0.15, 0.2) is 5.03 Å². The highest BCUT2D eigenvalue weighted by atomic mass is 32.2. The molecule has 0 saturated carbocycles. The SMILES string of the molecule is Cc1ccc(/C=C/S(=O)(=O)N2CCCN(S(=O)(=O)c3cnc[nH]3)CC2)cc1. The van der Waals surface area contributed by atoms with E-state index in [0.717, 1.165) is 11.1 Å². The molecule has 1 saturated heterocycles. The van der Waals surface area contributed by atoms with Crippen LogP contribution in [0.4, 0.5) is 0 Å². The Morgan fingerprint density at radius 1 is 1.00 bits per heavy atom. The zero-order valence-electron chi connectivity index (χ0n) is 14.9. The summed E-state index contributed by atoms with van der Waals surface area (Å²) in [5, 5.41) is 1.19. The van der Waals surface area contributed by atoms with Crippen LogP contribution in [0, 0.1) is 6.92 Å². The predicted molar refractivity (Wildman–Crippen MR) is 103 cm³/mol. The zero-order valence-corrected chi connectivity index (χ0v) is 16.6. The van der Waals surface area contributed by atoms with Crippen molar-refractivity contribution in [3.8, 4) is 0 Å². The van der Waals surface area contributed by atoms with Gasteiger partial charge in [0.2, 0.25) is 10.0 Å². The number of benzene rings is 1. The molecular formula is C17H22N4O4S2. The van der Waals surface area contributed by atoms with Crippen molar-refractivity contribution in [3.63, 3.8) is 0 Å². The molecule has 146 valence electrons. The number of aryl methyl sites for hydroxylation is 1. The summed E-state index contributed by atoms with van der Waals surface area (Å²) in [6.45, 7) is 2.70. The fourth-order valence-corrected chi connectivity index (χ4v) is 5.40. The van der Waals surface area contributed by atoms with Gasteiger partial charge in [-0.15, -0.1) is 0 Å². The van der Waals surface area contributed by atoms with Gasteiger partial charge >= 0.3 is 0 Å². The summed E-state index contributed by atoms with van der Waals surface area (Å²) < 4.78 is 53.0. The highest BCUT2D eigenvalue weighted by Crippen LogP contribution is 2.17. The summed E-state index contributed by atoms with van der Waals surface area (Å²) in [5.74, 6) is 0. The number of hydrogen-bond acceptors (Lipinski definition) is 5. The van der Waals surface area contributed by atoms with Crippen molar-refractivity contribution in [2.75, 3.05) is 26.2 Å². The summed E-state index contributed by atoms with van der Waals surface area (Å²) in [7, 11) is -7.32. The van der Waals surface area contributed by atoms with E-state index in [1.807, 2.05) is 31.2 Å². The third-order valence-corrected chi connectivity index (χ3v) is 7.76. The Labute approximate surface area is 159 Å². The highest BCUT2D eigenvalue weighted by Gasteiger charge is 2.30. The van der Waals surface area contributed by atoms with Gasteiger partial charge < -0.3 is 4.98 Å². The molecule has 0 radical (unpaired) electrons. The van der Waals surface area contributed by atoms with E-state index in [4.69, 9.17) is 0 Å². The van der Waals surface area contributed by atoms with E-state index in [-0.39, 0.29) is 31.2 Å². The molecule has 1 aliphatic rings. The van der Waals surface area contributed by atoms with Crippen LogP contribution in [-0.2, 0) is 20.0 Å². The van der Waals surface area contributed by atoms with Crippen molar-refractivity contribution in [1.82, 2.24) is 18.6 Å². The Morgan fingerprint density at radius 2 is 1.67 bits per heavy atom. The number of hydrogen-bond donors (Lipinski definition) is 1. The maximum atomic E-state index is 12.6. The molecule has 27 heavy (non-hydrogen) atoms. The minimum absolute atomic E-state index is 0.0121. The zero-order chi connectivity index (χ0) is 19.5. The van der Waals surface area contributed by atoms with Crippen LogP contribution >= 0.6 is 0 Å². The van der Waals surface area contributed by atoms with Crippen LogP contribution in [0.5, 0.6) is 0 Å². The number of nitrogens with zero attached hydrogens (tertiary/aromatic N) is 3. The average molecular weight is 411 g/mol.